The molecule has 0 aromatic carbocycles. The predicted molar refractivity (Wildman–Crippen MR) is 93.4 cm³/mol. The highest BCUT2D eigenvalue weighted by atomic mass is 32.1. The Morgan fingerprint density at radius 1 is 1.22 bits per heavy atom. The van der Waals surface area contributed by atoms with E-state index in [-0.39, 0.29) is 18.0 Å². The average molecular weight is 338 g/mol. The topological polar surface area (TPSA) is 67.4 Å². The maximum Gasteiger partial charge on any atom is 0.341 e. The lowest BCUT2D eigenvalue weighted by Gasteiger charge is -2.22. The van der Waals surface area contributed by atoms with E-state index < -0.39 is 0 Å². The number of esters is 1. The summed E-state index contributed by atoms with van der Waals surface area (Å²) in [6.45, 7) is 6.08. The van der Waals surface area contributed by atoms with Gasteiger partial charge in [0.05, 0.1) is 12.2 Å². The first-order valence-corrected chi connectivity index (χ1v) is 9.25. The molecule has 1 aliphatic rings. The molecule has 6 heteroatoms. The van der Waals surface area contributed by atoms with Crippen molar-refractivity contribution in [2.45, 2.75) is 65.3 Å². The molecule has 1 heterocycles. The van der Waals surface area contributed by atoms with Gasteiger partial charge in [0.2, 0.25) is 0 Å². The second-order valence-corrected chi connectivity index (χ2v) is 7.07. The van der Waals surface area contributed by atoms with Crippen LogP contribution in [0.25, 0.3) is 0 Å². The predicted octanol–water partition coefficient (Wildman–Crippen LogP) is 4.25. The molecule has 0 spiro atoms. The van der Waals surface area contributed by atoms with Crippen LogP contribution in [0, 0.1) is 6.92 Å². The Hall–Kier alpha value is -1.56. The Kier molecular flexibility index (Phi) is 6.45. The molecule has 0 saturated heterocycles. The zero-order valence-electron chi connectivity index (χ0n) is 14.2. The van der Waals surface area contributed by atoms with Crippen molar-refractivity contribution in [3.63, 3.8) is 0 Å². The fourth-order valence-electron chi connectivity index (χ4n) is 3.08. The van der Waals surface area contributed by atoms with Crippen LogP contribution in [0.1, 0.15) is 66.8 Å². The average Bonchev–Trinajstić information content (AvgIpc) is 2.83. The molecule has 1 aromatic rings. The summed E-state index contributed by atoms with van der Waals surface area (Å²) < 4.78 is 5.15. The van der Waals surface area contributed by atoms with Gasteiger partial charge in [0, 0.05) is 10.9 Å². The van der Waals surface area contributed by atoms with E-state index in [9.17, 15) is 9.59 Å². The number of amides is 2. The van der Waals surface area contributed by atoms with Gasteiger partial charge in [0.1, 0.15) is 5.00 Å². The van der Waals surface area contributed by atoms with Gasteiger partial charge >= 0.3 is 12.0 Å². The minimum Gasteiger partial charge on any atom is -0.462 e. The number of anilines is 1. The fourth-order valence-corrected chi connectivity index (χ4v) is 4.21. The Bertz CT molecular complexity index is 562. The van der Waals surface area contributed by atoms with E-state index in [1.54, 1.807) is 6.92 Å². The highest BCUT2D eigenvalue weighted by Gasteiger charge is 2.24. The molecule has 0 bridgehead atoms. The van der Waals surface area contributed by atoms with Gasteiger partial charge in [-0.2, -0.15) is 0 Å². The highest BCUT2D eigenvalue weighted by molar-refractivity contribution is 7.16. The van der Waals surface area contributed by atoms with Crippen LogP contribution in [0.2, 0.25) is 0 Å². The number of thiophene rings is 1. The van der Waals surface area contributed by atoms with Crippen LogP contribution in [0.15, 0.2) is 0 Å². The molecule has 2 amide bonds. The van der Waals surface area contributed by atoms with Crippen LogP contribution < -0.4 is 10.6 Å². The van der Waals surface area contributed by atoms with E-state index in [0.717, 1.165) is 42.5 Å². The molecule has 2 N–H and O–H groups in total. The Labute approximate surface area is 141 Å². The van der Waals surface area contributed by atoms with Crippen LogP contribution in [0.3, 0.4) is 0 Å². The summed E-state index contributed by atoms with van der Waals surface area (Å²) >= 11 is 1.44. The van der Waals surface area contributed by atoms with Crippen LogP contribution in [-0.2, 0) is 11.2 Å². The summed E-state index contributed by atoms with van der Waals surface area (Å²) in [5, 5.41) is 6.47. The number of ether oxygens (including phenoxy) is 1. The normalized spacial score (nSPS) is 15.3. The Morgan fingerprint density at radius 2 is 1.91 bits per heavy atom. The standard InChI is InChI=1S/C17H26N2O3S/c1-4-13-11(3)23-15(14(13)16(20)22-5-2)19-17(21)18-12-9-7-6-8-10-12/h12H,4-10H2,1-3H3,(H2,18,19,21). The summed E-state index contributed by atoms with van der Waals surface area (Å²) in [6.07, 6.45) is 6.37. The minimum absolute atomic E-state index is 0.230. The van der Waals surface area contributed by atoms with Gasteiger partial charge in [0.15, 0.2) is 0 Å². The van der Waals surface area contributed by atoms with Crippen LogP contribution >= 0.6 is 11.3 Å². The zero-order chi connectivity index (χ0) is 16.8. The highest BCUT2D eigenvalue weighted by Crippen LogP contribution is 2.34. The number of rotatable bonds is 5. The van der Waals surface area contributed by atoms with Crippen molar-refractivity contribution in [2.24, 2.45) is 0 Å². The summed E-state index contributed by atoms with van der Waals surface area (Å²) in [7, 11) is 0. The number of urea groups is 1. The van der Waals surface area contributed by atoms with Gasteiger partial charge in [-0.05, 0) is 38.7 Å². The van der Waals surface area contributed by atoms with Gasteiger partial charge in [-0.25, -0.2) is 9.59 Å². The molecule has 128 valence electrons. The van der Waals surface area contributed by atoms with Gasteiger partial charge in [-0.3, -0.25) is 5.32 Å². The Balaban J connectivity index is 2.11. The first kappa shape index (κ1) is 17.8. The van der Waals surface area contributed by atoms with E-state index in [0.29, 0.717) is 17.2 Å². The molecule has 1 aliphatic carbocycles. The first-order chi connectivity index (χ1) is 11.1. The number of hydrogen-bond donors (Lipinski definition) is 2. The van der Waals surface area contributed by atoms with Crippen molar-refractivity contribution >= 4 is 28.3 Å². The smallest absolute Gasteiger partial charge is 0.341 e. The molecule has 0 aliphatic heterocycles. The fraction of sp³-hybridized carbons (Fsp3) is 0.647. The van der Waals surface area contributed by atoms with Gasteiger partial charge in [0.25, 0.3) is 0 Å². The van der Waals surface area contributed by atoms with Crippen LogP contribution in [0.4, 0.5) is 9.80 Å². The zero-order valence-corrected chi connectivity index (χ0v) is 15.0. The molecule has 23 heavy (non-hydrogen) atoms. The van der Waals surface area contributed by atoms with E-state index in [2.05, 4.69) is 10.6 Å². The second kappa shape index (κ2) is 8.34. The molecule has 0 unspecified atom stereocenters. The maximum absolute atomic E-state index is 12.3. The van der Waals surface area contributed by atoms with Gasteiger partial charge in [-0.1, -0.05) is 26.2 Å². The number of carbonyl (C=O) groups is 2. The summed E-state index contributed by atoms with van der Waals surface area (Å²) in [4.78, 5) is 25.5. The van der Waals surface area contributed by atoms with E-state index in [4.69, 9.17) is 4.74 Å². The monoisotopic (exact) mass is 338 g/mol. The third kappa shape index (κ3) is 4.47. The summed E-state index contributed by atoms with van der Waals surface area (Å²) in [5.74, 6) is -0.360. The number of nitrogens with one attached hydrogen (secondary N) is 2. The quantitative estimate of drug-likeness (QED) is 0.789. The van der Waals surface area contributed by atoms with Crippen molar-refractivity contribution in [2.75, 3.05) is 11.9 Å². The minimum atomic E-state index is -0.360. The molecule has 1 saturated carbocycles. The molecule has 1 fully saturated rings. The van der Waals surface area contributed by atoms with Crippen LogP contribution in [0.5, 0.6) is 0 Å². The lowest BCUT2D eigenvalue weighted by Crippen LogP contribution is -2.39. The number of aryl methyl sites for hydroxylation is 1. The number of hydrogen-bond acceptors (Lipinski definition) is 4. The van der Waals surface area contributed by atoms with Crippen molar-refractivity contribution in [3.05, 3.63) is 16.0 Å². The van der Waals surface area contributed by atoms with Gasteiger partial charge < -0.3 is 10.1 Å². The molecule has 1 aromatic heterocycles. The van der Waals surface area contributed by atoms with Crippen molar-refractivity contribution in [1.82, 2.24) is 5.32 Å². The van der Waals surface area contributed by atoms with E-state index >= 15 is 0 Å². The van der Waals surface area contributed by atoms with Crippen LogP contribution in [-0.4, -0.2) is 24.6 Å². The van der Waals surface area contributed by atoms with E-state index in [1.165, 1.54) is 17.8 Å². The van der Waals surface area contributed by atoms with E-state index in [1.807, 2.05) is 13.8 Å². The molecule has 2 rings (SSSR count). The molecular formula is C17H26N2O3S. The molecule has 0 atom stereocenters. The van der Waals surface area contributed by atoms with Crippen molar-refractivity contribution < 1.29 is 14.3 Å². The summed E-state index contributed by atoms with van der Waals surface area (Å²) in [6, 6.07) is 0.00727. The van der Waals surface area contributed by atoms with Crippen molar-refractivity contribution in [3.8, 4) is 0 Å². The lowest BCUT2D eigenvalue weighted by molar-refractivity contribution is 0.0527. The molecular weight excluding hydrogens is 312 g/mol. The van der Waals surface area contributed by atoms with Gasteiger partial charge in [-0.15, -0.1) is 11.3 Å². The lowest BCUT2D eigenvalue weighted by atomic mass is 9.96. The molecule has 5 nitrogen and oxygen atoms in total. The summed E-state index contributed by atoms with van der Waals surface area (Å²) in [5.41, 5.74) is 1.47. The Morgan fingerprint density at radius 3 is 2.52 bits per heavy atom. The first-order valence-electron chi connectivity index (χ1n) is 8.43. The largest absolute Gasteiger partial charge is 0.462 e. The van der Waals surface area contributed by atoms with Crippen molar-refractivity contribution in [1.29, 1.82) is 0 Å². The third-order valence-corrected chi connectivity index (χ3v) is 5.27. The molecule has 0 radical (unpaired) electrons. The second-order valence-electron chi connectivity index (χ2n) is 5.85. The maximum atomic E-state index is 12.3. The SMILES string of the molecule is CCOC(=O)c1c(NC(=O)NC2CCCCC2)sc(C)c1CC. The number of carbonyl (C=O) groups excluding carboxylic acids is 2. The third-order valence-electron chi connectivity index (χ3n) is 4.21.